The Balaban J connectivity index is 1.96. The fraction of sp³-hybridized carbons (Fsp3) is 0.125. The van der Waals surface area contributed by atoms with Gasteiger partial charge in [-0.2, -0.15) is 5.26 Å². The first-order chi connectivity index (χ1) is 10.1. The van der Waals surface area contributed by atoms with Crippen LogP contribution in [0.5, 0.6) is 11.5 Å². The van der Waals surface area contributed by atoms with Gasteiger partial charge in [-0.15, -0.1) is 0 Å². The Morgan fingerprint density at radius 3 is 2.67 bits per heavy atom. The van der Waals surface area contributed by atoms with Gasteiger partial charge in [0, 0.05) is 0 Å². The number of hydrogen-bond acceptors (Lipinski definition) is 4. The minimum Gasteiger partial charge on any atom is -0.482 e. The topological polar surface area (TPSA) is 59.3 Å². The van der Waals surface area contributed by atoms with Crippen LogP contribution < -0.4 is 9.47 Å². The quantitative estimate of drug-likeness (QED) is 0.640. The summed E-state index contributed by atoms with van der Waals surface area (Å²) in [6.45, 7) is 1.67. The Kier molecular flexibility index (Phi) is 4.81. The van der Waals surface area contributed by atoms with Crippen LogP contribution in [-0.4, -0.2) is 12.6 Å². The summed E-state index contributed by atoms with van der Waals surface area (Å²) < 4.78 is 10.5. The van der Waals surface area contributed by atoms with Gasteiger partial charge in [0.25, 0.3) is 0 Å². The van der Waals surface area contributed by atoms with E-state index in [0.717, 1.165) is 5.56 Å². The fourth-order valence-corrected chi connectivity index (χ4v) is 1.88. The standard InChI is InChI=1S/C16H12ClNO3/c1-11-4-2-3-5-14(11)20-10-16(19)21-15-7-6-12(9-18)8-13(15)17/h2-8H,10H2,1H3. The number of aryl methyl sites for hydroxylation is 1. The number of ether oxygens (including phenoxy) is 2. The fourth-order valence-electron chi connectivity index (χ4n) is 1.66. The summed E-state index contributed by atoms with van der Waals surface area (Å²) in [5, 5.41) is 8.94. The number of hydrogen-bond donors (Lipinski definition) is 0. The third-order valence-electron chi connectivity index (χ3n) is 2.72. The third-order valence-corrected chi connectivity index (χ3v) is 3.02. The van der Waals surface area contributed by atoms with Crippen molar-refractivity contribution in [2.45, 2.75) is 6.92 Å². The number of carbonyl (C=O) groups is 1. The number of para-hydroxylation sites is 1. The highest BCUT2D eigenvalue weighted by molar-refractivity contribution is 6.32. The van der Waals surface area contributed by atoms with E-state index in [9.17, 15) is 4.79 Å². The van der Waals surface area contributed by atoms with Crippen molar-refractivity contribution in [3.05, 3.63) is 58.6 Å². The average molecular weight is 302 g/mol. The average Bonchev–Trinajstić information content (AvgIpc) is 2.48. The molecule has 0 heterocycles. The van der Waals surface area contributed by atoms with E-state index >= 15 is 0 Å². The highest BCUT2D eigenvalue weighted by Gasteiger charge is 2.10. The molecule has 5 heteroatoms. The summed E-state index contributed by atoms with van der Waals surface area (Å²) >= 11 is 5.93. The third kappa shape index (κ3) is 3.98. The lowest BCUT2D eigenvalue weighted by Crippen LogP contribution is -2.18. The van der Waals surface area contributed by atoms with Crippen LogP contribution in [0.25, 0.3) is 0 Å². The van der Waals surface area contributed by atoms with E-state index in [1.54, 1.807) is 6.07 Å². The number of nitrogens with zero attached hydrogens (tertiary/aromatic N) is 1. The molecule has 0 aliphatic heterocycles. The maximum Gasteiger partial charge on any atom is 0.349 e. The van der Waals surface area contributed by atoms with Crippen LogP contribution in [0.2, 0.25) is 5.02 Å². The molecule has 0 unspecified atom stereocenters. The van der Waals surface area contributed by atoms with Crippen molar-refractivity contribution < 1.29 is 14.3 Å². The number of benzene rings is 2. The van der Waals surface area contributed by atoms with Gasteiger partial charge in [0.15, 0.2) is 6.61 Å². The molecule has 2 aromatic rings. The van der Waals surface area contributed by atoms with Crippen molar-refractivity contribution in [3.63, 3.8) is 0 Å². The van der Waals surface area contributed by atoms with Gasteiger partial charge < -0.3 is 9.47 Å². The van der Waals surface area contributed by atoms with Crippen LogP contribution in [0.4, 0.5) is 0 Å². The van der Waals surface area contributed by atoms with Crippen LogP contribution >= 0.6 is 11.6 Å². The molecule has 2 rings (SSSR count). The molecule has 0 amide bonds. The molecular weight excluding hydrogens is 290 g/mol. The van der Waals surface area contributed by atoms with Crippen molar-refractivity contribution >= 4 is 17.6 Å². The molecule has 0 fully saturated rings. The van der Waals surface area contributed by atoms with Crippen molar-refractivity contribution in [1.29, 1.82) is 5.26 Å². The Morgan fingerprint density at radius 2 is 2.00 bits per heavy atom. The Hall–Kier alpha value is -2.51. The second kappa shape index (κ2) is 6.78. The number of nitriles is 1. The second-order valence-electron chi connectivity index (χ2n) is 4.29. The van der Waals surface area contributed by atoms with E-state index < -0.39 is 5.97 Å². The molecular formula is C16H12ClNO3. The highest BCUT2D eigenvalue weighted by atomic mass is 35.5. The van der Waals surface area contributed by atoms with E-state index in [-0.39, 0.29) is 17.4 Å². The maximum absolute atomic E-state index is 11.7. The van der Waals surface area contributed by atoms with Crippen molar-refractivity contribution in [2.24, 2.45) is 0 Å². The zero-order valence-electron chi connectivity index (χ0n) is 11.3. The smallest absolute Gasteiger partial charge is 0.349 e. The number of esters is 1. The highest BCUT2D eigenvalue weighted by Crippen LogP contribution is 2.25. The molecule has 0 bridgehead atoms. The van der Waals surface area contributed by atoms with E-state index in [1.165, 1.54) is 18.2 Å². The van der Waals surface area contributed by atoms with Gasteiger partial charge in [0.2, 0.25) is 0 Å². The van der Waals surface area contributed by atoms with Gasteiger partial charge in [-0.1, -0.05) is 29.8 Å². The first kappa shape index (κ1) is 14.9. The molecule has 0 atom stereocenters. The predicted octanol–water partition coefficient (Wildman–Crippen LogP) is 3.50. The lowest BCUT2D eigenvalue weighted by Gasteiger charge is -2.09. The van der Waals surface area contributed by atoms with Gasteiger partial charge >= 0.3 is 5.97 Å². The van der Waals surface area contributed by atoms with E-state index in [4.69, 9.17) is 26.3 Å². The Morgan fingerprint density at radius 1 is 1.24 bits per heavy atom. The number of carbonyl (C=O) groups excluding carboxylic acids is 1. The lowest BCUT2D eigenvalue weighted by molar-refractivity contribution is -0.136. The minimum absolute atomic E-state index is 0.203. The molecule has 0 saturated heterocycles. The largest absolute Gasteiger partial charge is 0.482 e. The van der Waals surface area contributed by atoms with E-state index in [1.807, 2.05) is 31.2 Å². The summed E-state index contributed by atoms with van der Waals surface area (Å²) in [7, 11) is 0. The summed E-state index contributed by atoms with van der Waals surface area (Å²) in [5.74, 6) is 0.263. The maximum atomic E-state index is 11.7. The predicted molar refractivity (Wildman–Crippen MR) is 78.5 cm³/mol. The van der Waals surface area contributed by atoms with Gasteiger partial charge in [-0.3, -0.25) is 0 Å². The van der Waals surface area contributed by atoms with Crippen LogP contribution in [0.15, 0.2) is 42.5 Å². The number of halogens is 1. The molecule has 0 aromatic heterocycles. The summed E-state index contributed by atoms with van der Waals surface area (Å²) in [4.78, 5) is 11.7. The van der Waals surface area contributed by atoms with E-state index in [0.29, 0.717) is 11.3 Å². The molecule has 0 N–H and O–H groups in total. The summed E-state index contributed by atoms with van der Waals surface area (Å²) in [5.41, 5.74) is 1.33. The molecule has 0 radical (unpaired) electrons. The van der Waals surface area contributed by atoms with Gasteiger partial charge in [0.1, 0.15) is 11.5 Å². The lowest BCUT2D eigenvalue weighted by atomic mass is 10.2. The minimum atomic E-state index is -0.565. The monoisotopic (exact) mass is 301 g/mol. The normalized spacial score (nSPS) is 9.76. The molecule has 0 aliphatic carbocycles. The van der Waals surface area contributed by atoms with Crippen molar-refractivity contribution in [1.82, 2.24) is 0 Å². The van der Waals surface area contributed by atoms with Crippen molar-refractivity contribution in [3.8, 4) is 17.6 Å². The van der Waals surface area contributed by atoms with Crippen molar-refractivity contribution in [2.75, 3.05) is 6.61 Å². The molecule has 0 spiro atoms. The van der Waals surface area contributed by atoms with Crippen LogP contribution in [-0.2, 0) is 4.79 Å². The molecule has 21 heavy (non-hydrogen) atoms. The first-order valence-electron chi connectivity index (χ1n) is 6.19. The van der Waals surface area contributed by atoms with Gasteiger partial charge in [-0.25, -0.2) is 4.79 Å². The first-order valence-corrected chi connectivity index (χ1v) is 6.56. The van der Waals surface area contributed by atoms with Crippen LogP contribution in [0.3, 0.4) is 0 Å². The molecule has 0 saturated carbocycles. The number of rotatable bonds is 4. The summed E-state index contributed by atoms with van der Waals surface area (Å²) in [6, 6.07) is 13.8. The van der Waals surface area contributed by atoms with Gasteiger partial charge in [-0.05, 0) is 36.8 Å². The molecule has 0 aliphatic rings. The molecule has 2 aromatic carbocycles. The second-order valence-corrected chi connectivity index (χ2v) is 4.69. The Labute approximate surface area is 127 Å². The van der Waals surface area contributed by atoms with E-state index in [2.05, 4.69) is 0 Å². The van der Waals surface area contributed by atoms with Crippen LogP contribution in [0, 0.1) is 18.3 Å². The Bertz CT molecular complexity index is 707. The summed E-state index contributed by atoms with van der Waals surface area (Å²) in [6.07, 6.45) is 0. The zero-order valence-corrected chi connectivity index (χ0v) is 12.1. The van der Waals surface area contributed by atoms with Gasteiger partial charge in [0.05, 0.1) is 16.7 Å². The molecule has 4 nitrogen and oxygen atoms in total. The zero-order chi connectivity index (χ0) is 15.2. The SMILES string of the molecule is Cc1ccccc1OCC(=O)Oc1ccc(C#N)cc1Cl. The van der Waals surface area contributed by atoms with Crippen LogP contribution in [0.1, 0.15) is 11.1 Å². The molecule has 106 valence electrons.